The summed E-state index contributed by atoms with van der Waals surface area (Å²) in [6.07, 6.45) is 0. The first-order valence-corrected chi connectivity index (χ1v) is 3.16. The Morgan fingerprint density at radius 2 is 2.25 bits per heavy atom. The topological polar surface area (TPSA) is 98.4 Å². The molecule has 0 radical (unpaired) electrons. The summed E-state index contributed by atoms with van der Waals surface area (Å²) in [4.78, 5) is 10.5. The third-order valence-electron chi connectivity index (χ3n) is 1.40. The second-order valence-electron chi connectivity index (χ2n) is 2.21. The molecule has 0 atom stereocenters. The van der Waals surface area contributed by atoms with Gasteiger partial charge in [-0.3, -0.25) is 0 Å². The molecule has 1 rings (SSSR count). The standard InChI is InChI=1S/C7H7N2O3/c8-6-2-1-4(9-12)3-5(6)7(10)11/h1-3,9H,8H2,(H,10,11)/q-1. The van der Waals surface area contributed by atoms with E-state index in [0.717, 1.165) is 0 Å². The molecule has 64 valence electrons. The van der Waals surface area contributed by atoms with Crippen molar-refractivity contribution >= 4 is 17.3 Å². The van der Waals surface area contributed by atoms with Gasteiger partial charge in [-0.2, -0.15) is 0 Å². The van der Waals surface area contributed by atoms with Crippen molar-refractivity contribution in [3.63, 3.8) is 0 Å². The number of nitrogens with two attached hydrogens (primary N) is 1. The van der Waals surface area contributed by atoms with Crippen LogP contribution in [-0.4, -0.2) is 11.1 Å². The largest absolute Gasteiger partial charge is 0.761 e. The Labute approximate surface area is 68.4 Å². The molecular formula is C7H7N2O3-. The number of hydrogen-bond donors (Lipinski definition) is 3. The Morgan fingerprint density at radius 1 is 1.58 bits per heavy atom. The second-order valence-corrected chi connectivity index (χ2v) is 2.21. The Morgan fingerprint density at radius 3 is 2.75 bits per heavy atom. The summed E-state index contributed by atoms with van der Waals surface area (Å²) in [5, 5.41) is 18.7. The lowest BCUT2D eigenvalue weighted by molar-refractivity contribution is 0.0698. The van der Waals surface area contributed by atoms with Gasteiger partial charge in [0.05, 0.1) is 5.56 Å². The maximum atomic E-state index is 10.5. The molecule has 0 amide bonds. The van der Waals surface area contributed by atoms with Gasteiger partial charge in [-0.25, -0.2) is 4.79 Å². The molecule has 0 aliphatic carbocycles. The zero-order chi connectivity index (χ0) is 9.14. The lowest BCUT2D eigenvalue weighted by Crippen LogP contribution is -2.02. The minimum Gasteiger partial charge on any atom is -0.761 e. The van der Waals surface area contributed by atoms with E-state index in [2.05, 4.69) is 0 Å². The molecular weight excluding hydrogens is 160 g/mol. The predicted octanol–water partition coefficient (Wildman–Crippen LogP) is 0.877. The van der Waals surface area contributed by atoms with Gasteiger partial charge in [0.25, 0.3) is 0 Å². The van der Waals surface area contributed by atoms with Crippen LogP contribution in [0.25, 0.3) is 0 Å². The molecule has 0 spiro atoms. The SMILES string of the molecule is Nc1ccc(N[O-])cc1C(=O)O. The molecule has 0 aliphatic rings. The summed E-state index contributed by atoms with van der Waals surface area (Å²) >= 11 is 0. The highest BCUT2D eigenvalue weighted by atomic mass is 16.5. The fourth-order valence-corrected chi connectivity index (χ4v) is 0.805. The zero-order valence-electron chi connectivity index (χ0n) is 6.07. The quantitative estimate of drug-likeness (QED) is 0.448. The van der Waals surface area contributed by atoms with Crippen molar-refractivity contribution in [3.8, 4) is 0 Å². The van der Waals surface area contributed by atoms with Crippen molar-refractivity contribution in [1.29, 1.82) is 0 Å². The van der Waals surface area contributed by atoms with Crippen molar-refractivity contribution in [2.75, 3.05) is 11.2 Å². The van der Waals surface area contributed by atoms with Gasteiger partial charge >= 0.3 is 5.97 Å². The Kier molecular flexibility index (Phi) is 2.16. The van der Waals surface area contributed by atoms with Gasteiger partial charge in [-0.15, -0.1) is 0 Å². The normalized spacial score (nSPS) is 9.42. The summed E-state index contributed by atoms with van der Waals surface area (Å²) in [5.41, 5.74) is 7.16. The Hall–Kier alpha value is -1.75. The monoisotopic (exact) mass is 167 g/mol. The average Bonchev–Trinajstić information content (AvgIpc) is 2.05. The smallest absolute Gasteiger partial charge is 0.337 e. The molecule has 0 fully saturated rings. The van der Waals surface area contributed by atoms with Crippen LogP contribution in [0.1, 0.15) is 10.4 Å². The lowest BCUT2D eigenvalue weighted by Gasteiger charge is -2.10. The third kappa shape index (κ3) is 1.46. The summed E-state index contributed by atoms with van der Waals surface area (Å²) in [7, 11) is 0. The van der Waals surface area contributed by atoms with E-state index >= 15 is 0 Å². The number of hydrogen-bond acceptors (Lipinski definition) is 4. The maximum absolute atomic E-state index is 10.5. The Balaban J connectivity index is 3.17. The highest BCUT2D eigenvalue weighted by Gasteiger charge is 2.06. The fourth-order valence-electron chi connectivity index (χ4n) is 0.805. The highest BCUT2D eigenvalue weighted by molar-refractivity contribution is 5.94. The number of anilines is 2. The first-order chi connectivity index (χ1) is 5.65. The van der Waals surface area contributed by atoms with Crippen molar-refractivity contribution < 1.29 is 9.90 Å². The van der Waals surface area contributed by atoms with Crippen molar-refractivity contribution in [3.05, 3.63) is 29.0 Å². The van der Waals surface area contributed by atoms with Crippen LogP contribution in [-0.2, 0) is 0 Å². The summed E-state index contributed by atoms with van der Waals surface area (Å²) in [5.74, 6) is -1.15. The van der Waals surface area contributed by atoms with Crippen LogP contribution in [0.4, 0.5) is 11.4 Å². The molecule has 1 aromatic rings. The lowest BCUT2D eigenvalue weighted by atomic mass is 10.1. The second kappa shape index (κ2) is 3.10. The molecule has 0 saturated carbocycles. The number of carboxylic acid groups (broad SMARTS) is 1. The van der Waals surface area contributed by atoms with E-state index < -0.39 is 5.97 Å². The van der Waals surface area contributed by atoms with Crippen molar-refractivity contribution in [2.24, 2.45) is 0 Å². The third-order valence-corrected chi connectivity index (χ3v) is 1.40. The molecule has 5 nitrogen and oxygen atoms in total. The van der Waals surface area contributed by atoms with Crippen LogP contribution in [0, 0.1) is 5.21 Å². The van der Waals surface area contributed by atoms with Gasteiger partial charge in [-0.1, -0.05) is 0 Å². The number of carbonyl (C=O) groups is 1. The van der Waals surface area contributed by atoms with Crippen LogP contribution in [0.3, 0.4) is 0 Å². The summed E-state index contributed by atoms with van der Waals surface area (Å²) < 4.78 is 0. The molecule has 0 aliphatic heterocycles. The van der Waals surface area contributed by atoms with E-state index in [-0.39, 0.29) is 16.9 Å². The van der Waals surface area contributed by atoms with E-state index in [1.807, 2.05) is 0 Å². The van der Waals surface area contributed by atoms with Crippen molar-refractivity contribution in [1.82, 2.24) is 0 Å². The number of rotatable bonds is 2. The maximum Gasteiger partial charge on any atom is 0.337 e. The molecule has 0 heterocycles. The van der Waals surface area contributed by atoms with Crippen LogP contribution in [0.15, 0.2) is 18.2 Å². The van der Waals surface area contributed by atoms with E-state index in [1.54, 1.807) is 5.48 Å². The van der Waals surface area contributed by atoms with Gasteiger partial charge in [0.1, 0.15) is 0 Å². The number of nitrogen functional groups attached to an aromatic ring is 1. The van der Waals surface area contributed by atoms with Gasteiger partial charge in [0.15, 0.2) is 0 Å². The first-order valence-electron chi connectivity index (χ1n) is 3.16. The van der Waals surface area contributed by atoms with Gasteiger partial charge < -0.3 is 21.5 Å². The molecule has 0 saturated heterocycles. The minimum absolute atomic E-state index is 0.0733. The molecule has 12 heavy (non-hydrogen) atoms. The molecule has 4 N–H and O–H groups in total. The molecule has 5 heteroatoms. The van der Waals surface area contributed by atoms with E-state index in [1.165, 1.54) is 18.2 Å². The van der Waals surface area contributed by atoms with Crippen LogP contribution in [0.5, 0.6) is 0 Å². The van der Waals surface area contributed by atoms with E-state index in [9.17, 15) is 10.0 Å². The summed E-state index contributed by atoms with van der Waals surface area (Å²) in [6, 6.07) is 3.96. The van der Waals surface area contributed by atoms with Crippen LogP contribution in [0.2, 0.25) is 0 Å². The summed E-state index contributed by atoms with van der Waals surface area (Å²) in [6.45, 7) is 0. The number of nitrogens with one attached hydrogen (secondary N) is 1. The van der Waals surface area contributed by atoms with Crippen LogP contribution < -0.4 is 11.2 Å². The number of benzene rings is 1. The Bertz CT molecular complexity index is 312. The minimum atomic E-state index is -1.15. The molecule has 0 bridgehead atoms. The van der Waals surface area contributed by atoms with Crippen LogP contribution >= 0.6 is 0 Å². The van der Waals surface area contributed by atoms with Gasteiger partial charge in [0.2, 0.25) is 0 Å². The van der Waals surface area contributed by atoms with Gasteiger partial charge in [0, 0.05) is 11.4 Å². The number of carboxylic acids is 1. The molecule has 0 unspecified atom stereocenters. The fraction of sp³-hybridized carbons (Fsp3) is 0. The van der Waals surface area contributed by atoms with Gasteiger partial charge in [-0.05, 0) is 18.2 Å². The molecule has 0 aromatic heterocycles. The molecule has 1 aromatic carbocycles. The van der Waals surface area contributed by atoms with Crippen molar-refractivity contribution in [2.45, 2.75) is 0 Å². The van der Waals surface area contributed by atoms with E-state index in [4.69, 9.17) is 10.8 Å². The number of aromatic carboxylic acids is 1. The zero-order valence-corrected chi connectivity index (χ0v) is 6.07. The van der Waals surface area contributed by atoms with E-state index in [0.29, 0.717) is 0 Å². The predicted molar refractivity (Wildman–Crippen MR) is 44.8 cm³/mol. The average molecular weight is 167 g/mol. The first kappa shape index (κ1) is 8.35. The highest BCUT2D eigenvalue weighted by Crippen LogP contribution is 2.17.